The Hall–Kier alpha value is -1.87. The van der Waals surface area contributed by atoms with Crippen LogP contribution in [0.4, 0.5) is 26.3 Å². The zero-order valence-electron chi connectivity index (χ0n) is 18.0. The SMILES string of the molecule is CC1C(NCC(O)c2cc(C(F)(F)F)nc3c(C(F)(F)F)cccc23)C[C@H]2C[C@@H]1C2(C)C. The third-order valence-corrected chi connectivity index (χ3v) is 7.75. The molecule has 9 heteroatoms. The number of benzene rings is 1. The van der Waals surface area contributed by atoms with Crippen molar-refractivity contribution in [3.63, 3.8) is 0 Å². The Morgan fingerprint density at radius 3 is 2.38 bits per heavy atom. The summed E-state index contributed by atoms with van der Waals surface area (Å²) in [6.07, 6.45) is -9.18. The van der Waals surface area contributed by atoms with Crippen LogP contribution in [0, 0.1) is 23.2 Å². The Bertz CT molecular complexity index is 1020. The molecule has 176 valence electrons. The van der Waals surface area contributed by atoms with Gasteiger partial charge in [-0.3, -0.25) is 0 Å². The summed E-state index contributed by atoms with van der Waals surface area (Å²) < 4.78 is 80.4. The molecular formula is C23H26F6N2O. The number of halogens is 6. The van der Waals surface area contributed by atoms with Gasteiger partial charge < -0.3 is 10.4 Å². The van der Waals surface area contributed by atoms with Crippen molar-refractivity contribution in [3.05, 3.63) is 41.1 Å². The second-order valence-corrected chi connectivity index (χ2v) is 9.78. The minimum Gasteiger partial charge on any atom is -0.387 e. The normalized spacial score (nSPS) is 28.4. The van der Waals surface area contributed by atoms with Crippen LogP contribution in [0.1, 0.15) is 56.5 Å². The smallest absolute Gasteiger partial charge is 0.387 e. The molecule has 0 aliphatic heterocycles. The first-order chi connectivity index (χ1) is 14.7. The molecule has 1 aromatic carbocycles. The molecule has 2 N–H and O–H groups in total. The summed E-state index contributed by atoms with van der Waals surface area (Å²) in [5, 5.41) is 13.9. The van der Waals surface area contributed by atoms with Gasteiger partial charge >= 0.3 is 12.4 Å². The number of para-hydroxylation sites is 1. The van der Waals surface area contributed by atoms with E-state index in [0.717, 1.165) is 18.9 Å². The minimum atomic E-state index is -4.94. The molecule has 3 aliphatic rings. The first-order valence-electron chi connectivity index (χ1n) is 10.7. The van der Waals surface area contributed by atoms with Crippen LogP contribution in [0.2, 0.25) is 0 Å². The van der Waals surface area contributed by atoms with Crippen LogP contribution < -0.4 is 5.32 Å². The summed E-state index contributed by atoms with van der Waals surface area (Å²) in [6, 6.07) is 3.82. The van der Waals surface area contributed by atoms with Crippen LogP contribution in [-0.2, 0) is 12.4 Å². The zero-order chi connectivity index (χ0) is 23.6. The maximum atomic E-state index is 13.4. The van der Waals surface area contributed by atoms with E-state index in [4.69, 9.17) is 0 Å². The lowest BCUT2D eigenvalue weighted by Crippen LogP contribution is -2.60. The number of nitrogens with one attached hydrogen (secondary N) is 1. The lowest BCUT2D eigenvalue weighted by atomic mass is 9.45. The summed E-state index contributed by atoms with van der Waals surface area (Å²) >= 11 is 0. The Kier molecular flexibility index (Phi) is 5.52. The highest BCUT2D eigenvalue weighted by atomic mass is 19.4. The number of aliphatic hydroxyl groups is 1. The number of nitrogens with zero attached hydrogens (tertiary/aromatic N) is 1. The lowest BCUT2D eigenvalue weighted by molar-refractivity contribution is -0.142. The van der Waals surface area contributed by atoms with Gasteiger partial charge in [-0.15, -0.1) is 0 Å². The fourth-order valence-electron chi connectivity index (χ4n) is 5.72. The number of alkyl halides is 6. The number of pyridine rings is 1. The lowest BCUT2D eigenvalue weighted by Gasteiger charge is -2.62. The molecule has 1 aromatic heterocycles. The number of fused-ring (bicyclic) bond motifs is 3. The van der Waals surface area contributed by atoms with Gasteiger partial charge in [0.1, 0.15) is 5.69 Å². The van der Waals surface area contributed by atoms with Crippen molar-refractivity contribution >= 4 is 10.9 Å². The molecule has 0 saturated heterocycles. The monoisotopic (exact) mass is 460 g/mol. The molecule has 3 nitrogen and oxygen atoms in total. The fraction of sp³-hybridized carbons (Fsp3) is 0.609. The summed E-state index contributed by atoms with van der Waals surface area (Å²) in [5.41, 5.74) is -3.48. The molecule has 3 fully saturated rings. The van der Waals surface area contributed by atoms with Crippen molar-refractivity contribution in [2.24, 2.45) is 23.2 Å². The van der Waals surface area contributed by atoms with Gasteiger partial charge in [0.2, 0.25) is 0 Å². The van der Waals surface area contributed by atoms with Crippen LogP contribution in [0.3, 0.4) is 0 Å². The van der Waals surface area contributed by atoms with Crippen molar-refractivity contribution in [1.29, 1.82) is 0 Å². The number of hydrogen-bond acceptors (Lipinski definition) is 3. The van der Waals surface area contributed by atoms with Crippen LogP contribution >= 0.6 is 0 Å². The number of aliphatic hydroxyl groups excluding tert-OH is 1. The largest absolute Gasteiger partial charge is 0.433 e. The van der Waals surface area contributed by atoms with E-state index >= 15 is 0 Å². The van der Waals surface area contributed by atoms with Gasteiger partial charge in [-0.05, 0) is 53.7 Å². The average molecular weight is 460 g/mol. The molecule has 0 radical (unpaired) electrons. The Balaban J connectivity index is 1.64. The quantitative estimate of drug-likeness (QED) is 0.553. The Morgan fingerprint density at radius 2 is 1.81 bits per heavy atom. The summed E-state index contributed by atoms with van der Waals surface area (Å²) in [7, 11) is 0. The molecule has 3 unspecified atom stereocenters. The van der Waals surface area contributed by atoms with Gasteiger partial charge in [-0.2, -0.15) is 26.3 Å². The molecule has 0 amide bonds. The van der Waals surface area contributed by atoms with Gasteiger partial charge in [0.15, 0.2) is 0 Å². The predicted molar refractivity (Wildman–Crippen MR) is 108 cm³/mol. The van der Waals surface area contributed by atoms with Gasteiger partial charge in [-0.1, -0.05) is 32.9 Å². The molecule has 3 saturated carbocycles. The third kappa shape index (κ3) is 3.87. The Labute approximate surface area is 182 Å². The summed E-state index contributed by atoms with van der Waals surface area (Å²) in [4.78, 5) is 3.27. The fourth-order valence-corrected chi connectivity index (χ4v) is 5.72. The molecule has 5 rings (SSSR count). The van der Waals surface area contributed by atoms with Gasteiger partial charge in [0.05, 0.1) is 17.2 Å². The number of aromatic nitrogens is 1. The average Bonchev–Trinajstić information content (AvgIpc) is 2.69. The van der Waals surface area contributed by atoms with E-state index in [2.05, 4.69) is 31.1 Å². The van der Waals surface area contributed by atoms with E-state index in [9.17, 15) is 31.4 Å². The predicted octanol–water partition coefficient (Wildman–Crippen LogP) is 5.97. The van der Waals surface area contributed by atoms with Crippen molar-refractivity contribution < 1.29 is 31.4 Å². The molecule has 5 atom stereocenters. The second-order valence-electron chi connectivity index (χ2n) is 9.78. The molecule has 0 spiro atoms. The van der Waals surface area contributed by atoms with Crippen LogP contribution in [0.5, 0.6) is 0 Å². The summed E-state index contributed by atoms with van der Waals surface area (Å²) in [6.45, 7) is 6.56. The number of rotatable bonds is 4. The van der Waals surface area contributed by atoms with E-state index < -0.39 is 35.2 Å². The Morgan fingerprint density at radius 1 is 1.12 bits per heavy atom. The first kappa shape index (κ1) is 23.3. The maximum absolute atomic E-state index is 13.4. The van der Waals surface area contributed by atoms with E-state index in [1.807, 2.05) is 0 Å². The van der Waals surface area contributed by atoms with Crippen molar-refractivity contribution in [1.82, 2.24) is 10.3 Å². The van der Waals surface area contributed by atoms with E-state index in [1.54, 1.807) is 0 Å². The second kappa shape index (κ2) is 7.58. The molecule has 2 bridgehead atoms. The summed E-state index contributed by atoms with van der Waals surface area (Å²) in [5.74, 6) is 1.41. The molecule has 32 heavy (non-hydrogen) atoms. The van der Waals surface area contributed by atoms with Crippen molar-refractivity contribution in [3.8, 4) is 0 Å². The molecule has 1 heterocycles. The van der Waals surface area contributed by atoms with Gasteiger partial charge in [0.25, 0.3) is 0 Å². The zero-order valence-corrected chi connectivity index (χ0v) is 18.0. The van der Waals surface area contributed by atoms with Crippen molar-refractivity contribution in [2.75, 3.05) is 6.54 Å². The maximum Gasteiger partial charge on any atom is 0.433 e. The van der Waals surface area contributed by atoms with Gasteiger partial charge in [-0.25, -0.2) is 4.98 Å². The van der Waals surface area contributed by atoms with E-state index in [-0.39, 0.29) is 29.0 Å². The topological polar surface area (TPSA) is 45.1 Å². The van der Waals surface area contributed by atoms with Crippen LogP contribution in [0.25, 0.3) is 10.9 Å². The highest BCUT2D eigenvalue weighted by Crippen LogP contribution is 2.61. The highest BCUT2D eigenvalue weighted by molar-refractivity contribution is 5.86. The van der Waals surface area contributed by atoms with Crippen molar-refractivity contribution in [2.45, 2.75) is 58.1 Å². The first-order valence-corrected chi connectivity index (χ1v) is 10.7. The van der Waals surface area contributed by atoms with E-state index in [1.165, 1.54) is 6.07 Å². The van der Waals surface area contributed by atoms with E-state index in [0.29, 0.717) is 29.9 Å². The highest BCUT2D eigenvalue weighted by Gasteiger charge is 2.56. The standard InChI is InChI=1S/C23H26F6N2O/c1-11-16-7-12(21(16,2)3)8-17(11)30-10-18(32)14-9-19(23(27,28)29)31-20-13(14)5-4-6-15(20)22(24,25)26/h4-6,9,11-12,16-18,30,32H,7-8,10H2,1-3H3/t11?,12-,16+,17?,18?/m1/s1. The minimum absolute atomic E-state index is 0.0540. The molecular weight excluding hydrogens is 434 g/mol. The molecule has 3 aliphatic carbocycles. The molecule has 2 aromatic rings. The number of hydrogen-bond donors (Lipinski definition) is 2. The third-order valence-electron chi connectivity index (χ3n) is 7.75. The van der Waals surface area contributed by atoms with Gasteiger partial charge in [0, 0.05) is 18.0 Å². The van der Waals surface area contributed by atoms with Crippen LogP contribution in [-0.4, -0.2) is 22.7 Å². The van der Waals surface area contributed by atoms with Crippen LogP contribution in [0.15, 0.2) is 24.3 Å².